The van der Waals surface area contributed by atoms with Gasteiger partial charge in [0.2, 0.25) is 12.7 Å². The summed E-state index contributed by atoms with van der Waals surface area (Å²) in [6, 6.07) is 5.73. The van der Waals surface area contributed by atoms with Gasteiger partial charge in [-0.2, -0.15) is 0 Å². The summed E-state index contributed by atoms with van der Waals surface area (Å²) in [6.07, 6.45) is 2.51. The van der Waals surface area contributed by atoms with Crippen molar-refractivity contribution in [2.75, 3.05) is 31.7 Å². The predicted octanol–water partition coefficient (Wildman–Crippen LogP) is 2.87. The summed E-state index contributed by atoms with van der Waals surface area (Å²) in [7, 11) is 0. The maximum Gasteiger partial charge on any atom is 0.231 e. The van der Waals surface area contributed by atoms with Crippen LogP contribution in [0.1, 0.15) is 33.1 Å². The van der Waals surface area contributed by atoms with E-state index >= 15 is 0 Å². The maximum absolute atomic E-state index is 12.1. The van der Waals surface area contributed by atoms with Gasteiger partial charge in [0.25, 0.3) is 0 Å². The molecule has 1 aliphatic heterocycles. The second kappa shape index (κ2) is 7.76. The second-order valence-electron chi connectivity index (χ2n) is 5.13. The molecule has 21 heavy (non-hydrogen) atoms. The van der Waals surface area contributed by atoms with Crippen molar-refractivity contribution in [2.45, 2.75) is 33.1 Å². The molecule has 0 bridgehead atoms. The van der Waals surface area contributed by atoms with Crippen molar-refractivity contribution in [3.63, 3.8) is 0 Å². The number of carbonyl (C=O) groups excluding carboxylic acids is 1. The lowest BCUT2D eigenvalue weighted by molar-refractivity contribution is -0.131. The molecule has 0 atom stereocenters. The Morgan fingerprint density at radius 1 is 1.19 bits per heavy atom. The van der Waals surface area contributed by atoms with Gasteiger partial charge < -0.3 is 19.7 Å². The molecule has 1 N–H and O–H groups in total. The summed E-state index contributed by atoms with van der Waals surface area (Å²) in [5.41, 5.74) is 0.949. The summed E-state index contributed by atoms with van der Waals surface area (Å²) in [6.45, 7) is 6.79. The Balaban J connectivity index is 1.79. The highest BCUT2D eigenvalue weighted by atomic mass is 16.7. The molecule has 0 aliphatic carbocycles. The van der Waals surface area contributed by atoms with Gasteiger partial charge in [0.05, 0.1) is 0 Å². The zero-order valence-electron chi connectivity index (χ0n) is 12.9. The smallest absolute Gasteiger partial charge is 0.231 e. The molecule has 2 rings (SSSR count). The van der Waals surface area contributed by atoms with Crippen molar-refractivity contribution in [2.24, 2.45) is 0 Å². The number of nitrogens with one attached hydrogen (secondary N) is 1. The normalized spacial score (nSPS) is 12.3. The van der Waals surface area contributed by atoms with Gasteiger partial charge in [0, 0.05) is 37.8 Å². The molecule has 1 amide bonds. The van der Waals surface area contributed by atoms with Gasteiger partial charge in [-0.1, -0.05) is 13.8 Å². The van der Waals surface area contributed by atoms with Crippen LogP contribution in [0.5, 0.6) is 11.5 Å². The van der Waals surface area contributed by atoms with Crippen LogP contribution < -0.4 is 14.8 Å². The monoisotopic (exact) mass is 292 g/mol. The second-order valence-corrected chi connectivity index (χ2v) is 5.13. The minimum absolute atomic E-state index is 0.215. The van der Waals surface area contributed by atoms with Crippen LogP contribution in [0.2, 0.25) is 0 Å². The van der Waals surface area contributed by atoms with Crippen LogP contribution in [-0.2, 0) is 4.79 Å². The van der Waals surface area contributed by atoms with E-state index in [0.717, 1.165) is 43.1 Å². The highest BCUT2D eigenvalue weighted by Crippen LogP contribution is 2.34. The molecular weight excluding hydrogens is 268 g/mol. The number of hydrogen-bond acceptors (Lipinski definition) is 4. The minimum Gasteiger partial charge on any atom is -0.454 e. The van der Waals surface area contributed by atoms with Crippen LogP contribution in [0, 0.1) is 0 Å². The van der Waals surface area contributed by atoms with E-state index in [9.17, 15) is 4.79 Å². The highest BCUT2D eigenvalue weighted by molar-refractivity contribution is 5.76. The number of carbonyl (C=O) groups is 1. The summed E-state index contributed by atoms with van der Waals surface area (Å²) >= 11 is 0. The zero-order chi connectivity index (χ0) is 15.1. The number of nitrogens with zero attached hydrogens (tertiary/aromatic N) is 1. The molecule has 0 fully saturated rings. The molecule has 1 heterocycles. The van der Waals surface area contributed by atoms with Gasteiger partial charge in [-0.05, 0) is 25.0 Å². The fraction of sp³-hybridized carbons (Fsp3) is 0.562. The summed E-state index contributed by atoms with van der Waals surface area (Å²) in [5, 5.41) is 3.26. The lowest BCUT2D eigenvalue weighted by Gasteiger charge is -2.21. The van der Waals surface area contributed by atoms with Gasteiger partial charge in [-0.25, -0.2) is 0 Å². The molecule has 0 radical (unpaired) electrons. The Kier molecular flexibility index (Phi) is 5.72. The van der Waals surface area contributed by atoms with Gasteiger partial charge in [0.15, 0.2) is 11.5 Å². The minimum atomic E-state index is 0.215. The van der Waals surface area contributed by atoms with Crippen molar-refractivity contribution >= 4 is 11.6 Å². The maximum atomic E-state index is 12.1. The number of anilines is 1. The van der Waals surface area contributed by atoms with Crippen molar-refractivity contribution in [1.29, 1.82) is 0 Å². The van der Waals surface area contributed by atoms with E-state index in [-0.39, 0.29) is 12.7 Å². The third-order valence-electron chi connectivity index (χ3n) is 3.38. The quantitative estimate of drug-likeness (QED) is 0.800. The third kappa shape index (κ3) is 4.28. The van der Waals surface area contributed by atoms with Crippen LogP contribution >= 0.6 is 0 Å². The van der Waals surface area contributed by atoms with Gasteiger partial charge in [-0.15, -0.1) is 0 Å². The van der Waals surface area contributed by atoms with Crippen molar-refractivity contribution in [1.82, 2.24) is 4.90 Å². The first kappa shape index (κ1) is 15.5. The fourth-order valence-electron chi connectivity index (χ4n) is 2.38. The number of ether oxygens (including phenoxy) is 2. The van der Waals surface area contributed by atoms with Crippen LogP contribution in [0.3, 0.4) is 0 Å². The highest BCUT2D eigenvalue weighted by Gasteiger charge is 2.14. The largest absolute Gasteiger partial charge is 0.454 e. The Labute approximate surface area is 126 Å². The lowest BCUT2D eigenvalue weighted by atomic mass is 10.2. The molecule has 116 valence electrons. The lowest BCUT2D eigenvalue weighted by Crippen LogP contribution is -2.33. The molecule has 1 aromatic carbocycles. The van der Waals surface area contributed by atoms with E-state index in [4.69, 9.17) is 9.47 Å². The van der Waals surface area contributed by atoms with E-state index in [1.165, 1.54) is 0 Å². The number of benzene rings is 1. The molecule has 0 aromatic heterocycles. The van der Waals surface area contributed by atoms with Crippen LogP contribution in [0.4, 0.5) is 5.69 Å². The fourth-order valence-corrected chi connectivity index (χ4v) is 2.38. The molecule has 0 unspecified atom stereocenters. The van der Waals surface area contributed by atoms with E-state index in [2.05, 4.69) is 19.2 Å². The van der Waals surface area contributed by atoms with Gasteiger partial charge in [0.1, 0.15) is 0 Å². The van der Waals surface area contributed by atoms with Crippen molar-refractivity contribution in [3.05, 3.63) is 18.2 Å². The number of hydrogen-bond donors (Lipinski definition) is 1. The van der Waals surface area contributed by atoms with Crippen LogP contribution in [0.15, 0.2) is 18.2 Å². The third-order valence-corrected chi connectivity index (χ3v) is 3.38. The molecule has 1 aromatic rings. The first-order valence-corrected chi connectivity index (χ1v) is 7.66. The molecule has 0 spiro atoms. The van der Waals surface area contributed by atoms with Crippen LogP contribution in [0.25, 0.3) is 0 Å². The molecule has 1 aliphatic rings. The SMILES string of the molecule is CCCN(CCC)C(=O)CCNc1ccc2c(c1)OCO2. The van der Waals surface area contributed by atoms with E-state index in [1.54, 1.807) is 0 Å². The predicted molar refractivity (Wildman–Crippen MR) is 82.8 cm³/mol. The number of amides is 1. The van der Waals surface area contributed by atoms with E-state index in [1.807, 2.05) is 23.1 Å². The Bertz CT molecular complexity index is 471. The van der Waals surface area contributed by atoms with Crippen LogP contribution in [-0.4, -0.2) is 37.2 Å². The standard InChI is InChI=1S/C16H24N2O3/c1-3-9-18(10-4-2)16(19)7-8-17-13-5-6-14-15(11-13)21-12-20-14/h5-6,11,17H,3-4,7-10,12H2,1-2H3. The van der Waals surface area contributed by atoms with Gasteiger partial charge in [-0.3, -0.25) is 4.79 Å². The van der Waals surface area contributed by atoms with Gasteiger partial charge >= 0.3 is 0 Å². The first-order chi connectivity index (χ1) is 10.2. The molecule has 5 nitrogen and oxygen atoms in total. The average Bonchev–Trinajstić information content (AvgIpc) is 2.94. The summed E-state index contributed by atoms with van der Waals surface area (Å²) in [5.74, 6) is 1.74. The Hall–Kier alpha value is -1.91. The average molecular weight is 292 g/mol. The zero-order valence-corrected chi connectivity index (χ0v) is 12.9. The molecule has 5 heteroatoms. The molecule has 0 saturated carbocycles. The number of fused-ring (bicyclic) bond motifs is 1. The van der Waals surface area contributed by atoms with E-state index in [0.29, 0.717) is 13.0 Å². The summed E-state index contributed by atoms with van der Waals surface area (Å²) < 4.78 is 10.6. The topological polar surface area (TPSA) is 50.8 Å². The molecular formula is C16H24N2O3. The summed E-state index contributed by atoms with van der Waals surface area (Å²) in [4.78, 5) is 14.1. The Morgan fingerprint density at radius 3 is 2.62 bits per heavy atom. The van der Waals surface area contributed by atoms with Crippen molar-refractivity contribution < 1.29 is 14.3 Å². The molecule has 0 saturated heterocycles. The van der Waals surface area contributed by atoms with Crippen molar-refractivity contribution in [3.8, 4) is 11.5 Å². The first-order valence-electron chi connectivity index (χ1n) is 7.66. The van der Waals surface area contributed by atoms with E-state index < -0.39 is 0 Å². The number of rotatable bonds is 8. The Morgan fingerprint density at radius 2 is 1.90 bits per heavy atom.